The minimum Gasteiger partial charge on any atom is -0.453 e. The molecule has 16 heteroatoms. The summed E-state index contributed by atoms with van der Waals surface area (Å²) in [5.74, 6) is -3.23. The Morgan fingerprint density at radius 2 is 1.43 bits per heavy atom. The lowest BCUT2D eigenvalue weighted by Crippen LogP contribution is -2.58. The number of hydrogen-bond acceptors (Lipinski definition) is 9. The quantitative estimate of drug-likeness (QED) is 0.215. The van der Waals surface area contributed by atoms with Crippen LogP contribution in [0.1, 0.15) is 47.1 Å². The molecule has 0 aliphatic carbocycles. The number of amides is 4. The first-order valence-corrected chi connectivity index (χ1v) is 14.4. The number of carbonyl (C=O) groups excluding carboxylic acids is 4. The third kappa shape index (κ3) is 10.9. The summed E-state index contributed by atoms with van der Waals surface area (Å²) in [5.41, 5.74) is 1.11. The molecule has 4 amide bonds. The highest BCUT2D eigenvalue weighted by Crippen LogP contribution is 2.25. The van der Waals surface area contributed by atoms with Crippen molar-refractivity contribution in [2.24, 2.45) is 17.9 Å². The summed E-state index contributed by atoms with van der Waals surface area (Å²) < 4.78 is 41.4. The van der Waals surface area contributed by atoms with E-state index in [0.29, 0.717) is 5.69 Å². The number of aliphatic hydroxyl groups excluding tert-OH is 1. The minimum atomic E-state index is -1.37. The maximum absolute atomic E-state index is 15.3. The highest BCUT2D eigenvalue weighted by atomic mass is 19.1. The van der Waals surface area contributed by atoms with Crippen molar-refractivity contribution in [3.63, 3.8) is 0 Å². The van der Waals surface area contributed by atoms with Crippen molar-refractivity contribution in [3.8, 4) is 11.3 Å². The Balaban J connectivity index is 2.34. The molecule has 2 rings (SSSR count). The Hall–Kier alpha value is -4.31. The second-order valence-corrected chi connectivity index (χ2v) is 12.9. The van der Waals surface area contributed by atoms with E-state index in [4.69, 9.17) is 0 Å². The first-order chi connectivity index (χ1) is 21.3. The minimum absolute atomic E-state index is 0.196. The Morgan fingerprint density at radius 1 is 0.935 bits per heavy atom. The first-order valence-electron chi connectivity index (χ1n) is 14.4. The van der Waals surface area contributed by atoms with Gasteiger partial charge in [-0.1, -0.05) is 41.5 Å². The largest absolute Gasteiger partial charge is 0.453 e. The number of hydrazine groups is 1. The van der Waals surface area contributed by atoms with Crippen molar-refractivity contribution in [3.05, 3.63) is 41.6 Å². The molecule has 0 spiro atoms. The number of halogens is 2. The van der Waals surface area contributed by atoms with Crippen LogP contribution in [0.5, 0.6) is 0 Å². The number of benzene rings is 1. The Morgan fingerprint density at radius 3 is 1.87 bits per heavy atom. The predicted molar refractivity (Wildman–Crippen MR) is 164 cm³/mol. The van der Waals surface area contributed by atoms with Crippen LogP contribution in [0.4, 0.5) is 18.4 Å². The fraction of sp³-hybridized carbons (Fsp3) is 0.567. The van der Waals surface area contributed by atoms with E-state index < -0.39 is 83.3 Å². The normalized spacial score (nSPS) is 13.8. The second kappa shape index (κ2) is 15.8. The number of hydrogen-bond donors (Lipinski definition) is 5. The molecule has 2 aromatic rings. The molecule has 1 aromatic heterocycles. The summed E-state index contributed by atoms with van der Waals surface area (Å²) in [6, 6.07) is 1.62. The molecule has 46 heavy (non-hydrogen) atoms. The topological polar surface area (TPSA) is 176 Å². The third-order valence-electron chi connectivity index (χ3n) is 6.86. The van der Waals surface area contributed by atoms with Crippen LogP contribution in [0.3, 0.4) is 0 Å². The smallest absolute Gasteiger partial charge is 0.407 e. The average molecular weight is 654 g/mol. The van der Waals surface area contributed by atoms with E-state index in [1.54, 1.807) is 60.9 Å². The van der Waals surface area contributed by atoms with Gasteiger partial charge in [-0.05, 0) is 29.0 Å². The average Bonchev–Trinajstić information content (AvgIpc) is 3.39. The van der Waals surface area contributed by atoms with Crippen LogP contribution in [0.25, 0.3) is 11.3 Å². The van der Waals surface area contributed by atoms with Gasteiger partial charge in [0, 0.05) is 44.0 Å². The maximum Gasteiger partial charge on any atom is 0.407 e. The molecule has 3 atom stereocenters. The fourth-order valence-electron chi connectivity index (χ4n) is 4.38. The van der Waals surface area contributed by atoms with Gasteiger partial charge in [0.15, 0.2) is 0 Å². The SMILES string of the molecule is COC(=O)NC(C(=O)NCC(O)CN(Cc1c(F)cc(-c2ccn(C)n2)cc1F)NC(=O)C(NC(=O)OC)C(C)(C)C)C(C)(C)C. The van der Waals surface area contributed by atoms with Crippen LogP contribution in [0.15, 0.2) is 24.4 Å². The lowest BCUT2D eigenvalue weighted by atomic mass is 9.86. The zero-order chi connectivity index (χ0) is 35.0. The number of aromatic nitrogens is 2. The Bertz CT molecular complexity index is 1370. The van der Waals surface area contributed by atoms with E-state index in [9.17, 15) is 24.3 Å². The van der Waals surface area contributed by atoms with Crippen LogP contribution in [-0.4, -0.2) is 89.4 Å². The predicted octanol–water partition coefficient (Wildman–Crippen LogP) is 2.22. The fourth-order valence-corrected chi connectivity index (χ4v) is 4.38. The summed E-state index contributed by atoms with van der Waals surface area (Å²) in [7, 11) is 3.95. The molecule has 0 saturated heterocycles. The van der Waals surface area contributed by atoms with E-state index in [1.807, 2.05) is 0 Å². The van der Waals surface area contributed by atoms with Gasteiger partial charge in [0.25, 0.3) is 5.91 Å². The number of aliphatic hydroxyl groups is 1. The van der Waals surface area contributed by atoms with E-state index in [0.717, 1.165) is 31.4 Å². The van der Waals surface area contributed by atoms with Crippen molar-refractivity contribution in [1.82, 2.24) is 36.2 Å². The van der Waals surface area contributed by atoms with Crippen molar-refractivity contribution in [1.29, 1.82) is 0 Å². The molecule has 256 valence electrons. The van der Waals surface area contributed by atoms with Crippen LogP contribution in [-0.2, 0) is 32.7 Å². The molecular formula is C30H45F2N7O7. The number of nitrogens with zero attached hydrogens (tertiary/aromatic N) is 3. The molecule has 0 aliphatic heterocycles. The van der Waals surface area contributed by atoms with Gasteiger partial charge in [0.05, 0.1) is 26.0 Å². The monoisotopic (exact) mass is 653 g/mol. The van der Waals surface area contributed by atoms with Gasteiger partial charge >= 0.3 is 12.2 Å². The number of rotatable bonds is 12. The third-order valence-corrected chi connectivity index (χ3v) is 6.86. The molecule has 0 fully saturated rings. The van der Waals surface area contributed by atoms with Crippen LogP contribution in [0, 0.1) is 22.5 Å². The molecule has 0 saturated carbocycles. The summed E-state index contributed by atoms with van der Waals surface area (Å²) in [6.45, 7) is 8.91. The van der Waals surface area contributed by atoms with Gasteiger partial charge in [0.1, 0.15) is 23.7 Å². The number of methoxy groups -OCH3 is 2. The number of aryl methyl sites for hydroxylation is 1. The standard InChI is InChI=1S/C30H45F2N7O7/c1-29(2,3)23(34-27(43)45-8)25(41)33-14-18(40)15-39(37-26(42)24(30(4,5)6)35-28(44)46-9)16-19-20(31)12-17(13-21(19)32)22-10-11-38(7)36-22/h10-13,18,23-24,40H,14-16H2,1-9H3,(H,33,41)(H,34,43)(H,35,44)(H,37,42). The Kier molecular flexibility index (Phi) is 13.0. The molecular weight excluding hydrogens is 608 g/mol. The van der Waals surface area contributed by atoms with Gasteiger partial charge in [-0.2, -0.15) is 5.10 Å². The first kappa shape index (κ1) is 37.9. The summed E-state index contributed by atoms with van der Waals surface area (Å²) >= 11 is 0. The molecule has 3 unspecified atom stereocenters. The van der Waals surface area contributed by atoms with Crippen LogP contribution >= 0.6 is 0 Å². The highest BCUT2D eigenvalue weighted by molar-refractivity contribution is 5.87. The Labute approximate surface area is 267 Å². The van der Waals surface area contributed by atoms with Crippen molar-refractivity contribution in [2.75, 3.05) is 27.3 Å². The van der Waals surface area contributed by atoms with E-state index >= 15 is 8.78 Å². The van der Waals surface area contributed by atoms with Gasteiger partial charge in [-0.25, -0.2) is 23.4 Å². The van der Waals surface area contributed by atoms with Crippen molar-refractivity contribution in [2.45, 2.75) is 66.3 Å². The van der Waals surface area contributed by atoms with E-state index in [-0.39, 0.29) is 12.1 Å². The molecule has 0 radical (unpaired) electrons. The lowest BCUT2D eigenvalue weighted by Gasteiger charge is -2.33. The van der Waals surface area contributed by atoms with Gasteiger partial charge in [0.2, 0.25) is 5.91 Å². The molecule has 0 bridgehead atoms. The molecule has 1 heterocycles. The van der Waals surface area contributed by atoms with Crippen molar-refractivity contribution >= 4 is 24.0 Å². The lowest BCUT2D eigenvalue weighted by molar-refractivity contribution is -0.132. The number of carbonyl (C=O) groups is 4. The summed E-state index contributed by atoms with van der Waals surface area (Å²) in [6.07, 6.45) is -1.44. The van der Waals surface area contributed by atoms with E-state index in [1.165, 1.54) is 4.68 Å². The number of ether oxygens (including phenoxy) is 2. The maximum atomic E-state index is 15.3. The van der Waals surface area contributed by atoms with Crippen molar-refractivity contribution < 1.29 is 42.5 Å². The van der Waals surface area contributed by atoms with Gasteiger partial charge < -0.3 is 30.5 Å². The molecule has 1 aromatic carbocycles. The van der Waals surface area contributed by atoms with Gasteiger partial charge in [-0.3, -0.25) is 19.7 Å². The summed E-state index contributed by atoms with van der Waals surface area (Å²) in [5, 5.41) is 23.6. The summed E-state index contributed by atoms with van der Waals surface area (Å²) in [4.78, 5) is 50.1. The van der Waals surface area contributed by atoms with E-state index in [2.05, 4.69) is 35.9 Å². The zero-order valence-corrected chi connectivity index (χ0v) is 27.7. The molecule has 0 aliphatic rings. The molecule has 14 nitrogen and oxygen atoms in total. The van der Waals surface area contributed by atoms with Gasteiger partial charge in [-0.15, -0.1) is 0 Å². The number of nitrogens with one attached hydrogen (secondary N) is 4. The molecule has 5 N–H and O–H groups in total. The number of alkyl carbamates (subject to hydrolysis) is 2. The van der Waals surface area contributed by atoms with Crippen LogP contribution < -0.4 is 21.4 Å². The zero-order valence-electron chi connectivity index (χ0n) is 27.7. The second-order valence-electron chi connectivity index (χ2n) is 12.9. The van der Waals surface area contributed by atoms with Crippen LogP contribution in [0.2, 0.25) is 0 Å². The highest BCUT2D eigenvalue weighted by Gasteiger charge is 2.36.